The molecule has 0 aromatic carbocycles. The predicted molar refractivity (Wildman–Crippen MR) is 302 cm³/mol. The van der Waals surface area contributed by atoms with Crippen LogP contribution in [0, 0.1) is 0 Å². The lowest BCUT2D eigenvalue weighted by Gasteiger charge is -2.18. The van der Waals surface area contributed by atoms with Crippen molar-refractivity contribution in [1.82, 2.24) is 0 Å². The molecule has 0 bridgehead atoms. The molecule has 0 aliphatic rings. The van der Waals surface area contributed by atoms with Crippen LogP contribution in [-0.2, 0) is 28.6 Å². The first-order chi connectivity index (χ1) is 34.5. The standard InChI is InChI=1S/C64H102O6/c1-4-7-10-13-16-18-20-22-24-26-28-29-30-31-32-33-34-35-37-38-40-42-44-46-48-51-54-57-63(66)69-60-61(59-68-62(65)56-53-50-15-12-9-6-3)70-64(67)58-55-52-49-47-45-43-41-39-36-27-25-23-21-19-17-14-11-8-5-2/h7-8,10-11,16-19,22-25,28-29,31-32,34-36,38-40,61H,4-6,9,12-15,20-21,26-27,30,33,37,41-60H2,1-3H3/b10-7-,11-8-,18-16-,19-17-,24-22-,25-23-,29-28-,32-31-,35-34-,39-36-,40-38-. The van der Waals surface area contributed by atoms with Gasteiger partial charge in [0.15, 0.2) is 6.10 Å². The number of esters is 3. The van der Waals surface area contributed by atoms with E-state index in [0.717, 1.165) is 161 Å². The molecule has 0 fully saturated rings. The average Bonchev–Trinajstić information content (AvgIpc) is 3.36. The monoisotopic (exact) mass is 967 g/mol. The van der Waals surface area contributed by atoms with Crippen LogP contribution in [0.5, 0.6) is 0 Å². The van der Waals surface area contributed by atoms with Crippen molar-refractivity contribution in [2.75, 3.05) is 13.2 Å². The maximum absolute atomic E-state index is 12.8. The summed E-state index contributed by atoms with van der Waals surface area (Å²) in [5.74, 6) is -0.945. The van der Waals surface area contributed by atoms with Crippen molar-refractivity contribution in [3.8, 4) is 0 Å². The van der Waals surface area contributed by atoms with E-state index < -0.39 is 6.10 Å². The fourth-order valence-corrected chi connectivity index (χ4v) is 7.24. The maximum Gasteiger partial charge on any atom is 0.306 e. The van der Waals surface area contributed by atoms with Crippen molar-refractivity contribution in [2.45, 2.75) is 239 Å². The Morgan fingerprint density at radius 2 is 0.557 bits per heavy atom. The molecular weight excluding hydrogens is 865 g/mol. The van der Waals surface area contributed by atoms with Crippen molar-refractivity contribution in [3.63, 3.8) is 0 Å². The largest absolute Gasteiger partial charge is 0.462 e. The van der Waals surface area contributed by atoms with Crippen molar-refractivity contribution >= 4 is 17.9 Å². The van der Waals surface area contributed by atoms with E-state index in [4.69, 9.17) is 14.2 Å². The van der Waals surface area contributed by atoms with Crippen LogP contribution in [0.15, 0.2) is 134 Å². The number of rotatable bonds is 49. The normalized spacial score (nSPS) is 13.1. The lowest BCUT2D eigenvalue weighted by molar-refractivity contribution is -0.167. The molecule has 0 aromatic rings. The Morgan fingerprint density at radius 3 is 0.871 bits per heavy atom. The van der Waals surface area contributed by atoms with E-state index >= 15 is 0 Å². The van der Waals surface area contributed by atoms with E-state index in [2.05, 4.69) is 154 Å². The molecule has 0 amide bonds. The van der Waals surface area contributed by atoms with Gasteiger partial charge in [0.25, 0.3) is 0 Å². The van der Waals surface area contributed by atoms with Gasteiger partial charge in [0.05, 0.1) is 0 Å². The van der Waals surface area contributed by atoms with E-state index in [1.165, 1.54) is 32.1 Å². The second-order valence-corrected chi connectivity index (χ2v) is 18.1. The highest BCUT2D eigenvalue weighted by Gasteiger charge is 2.19. The van der Waals surface area contributed by atoms with E-state index in [9.17, 15) is 14.4 Å². The minimum atomic E-state index is -0.796. The average molecular weight is 968 g/mol. The molecule has 70 heavy (non-hydrogen) atoms. The Labute approximate surface area is 430 Å². The Morgan fingerprint density at radius 1 is 0.300 bits per heavy atom. The third-order valence-corrected chi connectivity index (χ3v) is 11.4. The van der Waals surface area contributed by atoms with Gasteiger partial charge >= 0.3 is 17.9 Å². The zero-order chi connectivity index (χ0) is 50.7. The molecule has 0 rings (SSSR count). The van der Waals surface area contributed by atoms with Crippen molar-refractivity contribution in [2.24, 2.45) is 0 Å². The lowest BCUT2D eigenvalue weighted by Crippen LogP contribution is -2.30. The third-order valence-electron chi connectivity index (χ3n) is 11.4. The number of ether oxygens (including phenoxy) is 3. The topological polar surface area (TPSA) is 78.9 Å². The molecule has 0 saturated carbocycles. The molecule has 6 nitrogen and oxygen atoms in total. The number of carbonyl (C=O) groups is 3. The van der Waals surface area contributed by atoms with Crippen LogP contribution in [0.2, 0.25) is 0 Å². The van der Waals surface area contributed by atoms with Crippen LogP contribution >= 0.6 is 0 Å². The first-order valence-corrected chi connectivity index (χ1v) is 28.2. The summed E-state index contributed by atoms with van der Waals surface area (Å²) in [5, 5.41) is 0. The number of hydrogen-bond acceptors (Lipinski definition) is 6. The van der Waals surface area contributed by atoms with Gasteiger partial charge in [-0.05, 0) is 116 Å². The van der Waals surface area contributed by atoms with Gasteiger partial charge in [-0.1, -0.05) is 231 Å². The number of allylic oxidation sites excluding steroid dienone is 22. The van der Waals surface area contributed by atoms with Crippen molar-refractivity contribution in [3.05, 3.63) is 134 Å². The SMILES string of the molecule is CC/C=C\C/C=C\C/C=C\C/C=C\C/C=C\C/C=C\C/C=C\CCCCCCCC(=O)OCC(COC(=O)CCCCCCCC)OC(=O)CCCCCCCC/C=C\C/C=C\C/C=C\C/C=C\CC. The van der Waals surface area contributed by atoms with Gasteiger partial charge in [0, 0.05) is 19.3 Å². The van der Waals surface area contributed by atoms with Gasteiger partial charge < -0.3 is 14.2 Å². The third kappa shape index (κ3) is 54.5. The fraction of sp³-hybridized carbons (Fsp3) is 0.609. The molecule has 6 heteroatoms. The van der Waals surface area contributed by atoms with E-state index in [0.29, 0.717) is 19.3 Å². The van der Waals surface area contributed by atoms with Crippen LogP contribution < -0.4 is 0 Å². The molecule has 0 saturated heterocycles. The van der Waals surface area contributed by atoms with Gasteiger partial charge in [-0.3, -0.25) is 14.4 Å². The first-order valence-electron chi connectivity index (χ1n) is 28.2. The molecule has 0 heterocycles. The van der Waals surface area contributed by atoms with Gasteiger partial charge in [0.1, 0.15) is 13.2 Å². The van der Waals surface area contributed by atoms with Crippen LogP contribution in [0.25, 0.3) is 0 Å². The van der Waals surface area contributed by atoms with Crippen LogP contribution in [0.1, 0.15) is 233 Å². The summed E-state index contributed by atoms with van der Waals surface area (Å²) in [6.07, 6.45) is 80.4. The zero-order valence-electron chi connectivity index (χ0n) is 45.0. The summed E-state index contributed by atoms with van der Waals surface area (Å²) in [5.41, 5.74) is 0. The molecule has 0 aromatic heterocycles. The summed E-state index contributed by atoms with van der Waals surface area (Å²) in [4.78, 5) is 37.9. The highest BCUT2D eigenvalue weighted by atomic mass is 16.6. The second kappa shape index (κ2) is 57.1. The van der Waals surface area contributed by atoms with Gasteiger partial charge in [-0.15, -0.1) is 0 Å². The molecule has 0 radical (unpaired) electrons. The summed E-state index contributed by atoms with van der Waals surface area (Å²) in [6.45, 7) is 6.31. The summed E-state index contributed by atoms with van der Waals surface area (Å²) in [6, 6.07) is 0. The number of hydrogen-bond donors (Lipinski definition) is 0. The van der Waals surface area contributed by atoms with E-state index in [1.807, 2.05) is 0 Å². The predicted octanol–water partition coefficient (Wildman–Crippen LogP) is 19.0. The molecule has 0 N–H and O–H groups in total. The Bertz CT molecular complexity index is 1530. The second-order valence-electron chi connectivity index (χ2n) is 18.1. The minimum Gasteiger partial charge on any atom is -0.462 e. The molecule has 394 valence electrons. The number of carbonyl (C=O) groups excluding carboxylic acids is 3. The molecule has 0 spiro atoms. The molecular formula is C64H102O6. The van der Waals surface area contributed by atoms with Gasteiger partial charge in [0.2, 0.25) is 0 Å². The van der Waals surface area contributed by atoms with E-state index in [-0.39, 0.29) is 31.1 Å². The minimum absolute atomic E-state index is 0.0944. The summed E-state index contributed by atoms with van der Waals surface area (Å²) >= 11 is 0. The van der Waals surface area contributed by atoms with Crippen molar-refractivity contribution in [1.29, 1.82) is 0 Å². The fourth-order valence-electron chi connectivity index (χ4n) is 7.24. The zero-order valence-corrected chi connectivity index (χ0v) is 45.0. The smallest absolute Gasteiger partial charge is 0.306 e. The molecule has 1 unspecified atom stereocenters. The molecule has 0 aliphatic carbocycles. The van der Waals surface area contributed by atoms with Crippen LogP contribution in [0.3, 0.4) is 0 Å². The quantitative estimate of drug-likeness (QED) is 0.0262. The Kier molecular flexibility index (Phi) is 53.5. The summed E-state index contributed by atoms with van der Waals surface area (Å²) < 4.78 is 16.7. The maximum atomic E-state index is 12.8. The molecule has 1 atom stereocenters. The van der Waals surface area contributed by atoms with Crippen LogP contribution in [0.4, 0.5) is 0 Å². The highest BCUT2D eigenvalue weighted by Crippen LogP contribution is 2.13. The Hall–Kier alpha value is -4.45. The first kappa shape index (κ1) is 65.5. The highest BCUT2D eigenvalue weighted by molar-refractivity contribution is 5.71. The van der Waals surface area contributed by atoms with Crippen LogP contribution in [-0.4, -0.2) is 37.2 Å². The van der Waals surface area contributed by atoms with E-state index in [1.54, 1.807) is 0 Å². The lowest BCUT2D eigenvalue weighted by atomic mass is 10.1. The molecule has 0 aliphatic heterocycles. The van der Waals surface area contributed by atoms with Crippen molar-refractivity contribution < 1.29 is 28.6 Å². The van der Waals surface area contributed by atoms with Gasteiger partial charge in [-0.25, -0.2) is 0 Å². The van der Waals surface area contributed by atoms with Gasteiger partial charge in [-0.2, -0.15) is 0 Å². The Balaban J connectivity index is 4.26. The summed E-state index contributed by atoms with van der Waals surface area (Å²) in [7, 11) is 0. The number of unbranched alkanes of at least 4 members (excludes halogenated alkanes) is 16.